The van der Waals surface area contributed by atoms with E-state index < -0.39 is 33.7 Å². The summed E-state index contributed by atoms with van der Waals surface area (Å²) >= 11 is 0. The lowest BCUT2D eigenvalue weighted by molar-refractivity contribution is -0.122. The summed E-state index contributed by atoms with van der Waals surface area (Å²) in [6.07, 6.45) is 3.77. The van der Waals surface area contributed by atoms with Crippen LogP contribution in [0.2, 0.25) is 0 Å². The minimum atomic E-state index is -4.10. The van der Waals surface area contributed by atoms with Crippen molar-refractivity contribution in [2.45, 2.75) is 62.4 Å². The van der Waals surface area contributed by atoms with Gasteiger partial charge in [0.25, 0.3) is 5.91 Å². The summed E-state index contributed by atoms with van der Waals surface area (Å²) in [6, 6.07) is 10.1. The molecule has 1 saturated carbocycles. The van der Waals surface area contributed by atoms with Gasteiger partial charge in [0.05, 0.1) is 17.0 Å². The van der Waals surface area contributed by atoms with Crippen LogP contribution in [0, 0.1) is 12.7 Å². The van der Waals surface area contributed by atoms with E-state index in [2.05, 4.69) is 0 Å². The van der Waals surface area contributed by atoms with Gasteiger partial charge in [0.15, 0.2) is 0 Å². The van der Waals surface area contributed by atoms with Gasteiger partial charge < -0.3 is 0 Å². The fourth-order valence-electron chi connectivity index (χ4n) is 4.46. The van der Waals surface area contributed by atoms with Gasteiger partial charge in [-0.25, -0.2) is 17.7 Å². The molecule has 0 radical (unpaired) electrons. The highest BCUT2D eigenvalue weighted by atomic mass is 32.2. The number of imide groups is 1. The molecule has 6 nitrogen and oxygen atoms in total. The van der Waals surface area contributed by atoms with Gasteiger partial charge in [0.2, 0.25) is 15.9 Å². The normalized spacial score (nSPS) is 20.6. The number of hydrogen-bond acceptors (Lipinski definition) is 4. The van der Waals surface area contributed by atoms with Gasteiger partial charge in [-0.15, -0.1) is 0 Å². The largest absolute Gasteiger partial charge is 0.274 e. The average Bonchev–Trinajstić information content (AvgIpc) is 3.03. The van der Waals surface area contributed by atoms with Crippen molar-refractivity contribution in [3.8, 4) is 0 Å². The first-order chi connectivity index (χ1) is 14.8. The molecule has 1 unspecified atom stereocenters. The van der Waals surface area contributed by atoms with Crippen LogP contribution >= 0.6 is 0 Å². The highest BCUT2D eigenvalue weighted by Gasteiger charge is 2.49. The molecule has 1 heterocycles. The summed E-state index contributed by atoms with van der Waals surface area (Å²) in [5.74, 6) is -1.50. The summed E-state index contributed by atoms with van der Waals surface area (Å²) in [5, 5.41) is 0. The zero-order valence-corrected chi connectivity index (χ0v) is 18.1. The number of carbonyl (C=O) groups excluding carboxylic acids is 2. The Kier molecular flexibility index (Phi) is 5.94. The molecule has 0 N–H and O–H groups in total. The number of carbonyl (C=O) groups is 2. The molecule has 2 fully saturated rings. The second-order valence-electron chi connectivity index (χ2n) is 8.20. The quantitative estimate of drug-likeness (QED) is 0.658. The highest BCUT2D eigenvalue weighted by Crippen LogP contribution is 2.35. The molecule has 0 spiro atoms. The number of anilines is 1. The lowest BCUT2D eigenvalue weighted by Crippen LogP contribution is -2.51. The van der Waals surface area contributed by atoms with E-state index in [0.29, 0.717) is 18.5 Å². The van der Waals surface area contributed by atoms with Crippen LogP contribution in [0.3, 0.4) is 0 Å². The molecule has 1 aliphatic carbocycles. The number of benzene rings is 2. The minimum Gasteiger partial charge on any atom is -0.274 e. The Balaban J connectivity index is 1.73. The first-order valence-corrected chi connectivity index (χ1v) is 12.0. The van der Waals surface area contributed by atoms with E-state index >= 15 is 0 Å². The van der Waals surface area contributed by atoms with Crippen molar-refractivity contribution in [3.63, 3.8) is 0 Å². The lowest BCUT2D eigenvalue weighted by atomic mass is 9.94. The molecular weight excluding hydrogens is 419 g/mol. The Labute approximate surface area is 181 Å². The fourth-order valence-corrected chi connectivity index (χ4v) is 6.29. The minimum absolute atomic E-state index is 0.0755. The van der Waals surface area contributed by atoms with Crippen molar-refractivity contribution >= 4 is 27.5 Å². The number of aryl methyl sites for hydroxylation is 1. The Hall–Kier alpha value is -2.58. The molecule has 0 aromatic heterocycles. The Morgan fingerprint density at radius 3 is 2.16 bits per heavy atom. The molecule has 2 aromatic carbocycles. The highest BCUT2D eigenvalue weighted by molar-refractivity contribution is 7.89. The van der Waals surface area contributed by atoms with Crippen molar-refractivity contribution in [1.29, 1.82) is 0 Å². The van der Waals surface area contributed by atoms with Crippen LogP contribution in [0.15, 0.2) is 53.4 Å². The molecule has 0 bridgehead atoms. The molecule has 4 rings (SSSR count). The van der Waals surface area contributed by atoms with Crippen LogP contribution in [-0.2, 0) is 19.6 Å². The number of nitrogens with zero attached hydrogens (tertiary/aromatic N) is 2. The third-order valence-electron chi connectivity index (χ3n) is 6.05. The molecule has 1 saturated heterocycles. The molecule has 2 aliphatic rings. The average molecular weight is 445 g/mol. The SMILES string of the molecule is Cc1ccc(N2C(=O)CC(N(C3CCCCC3)S(=O)(=O)c3ccc(F)cc3)C2=O)cc1. The molecule has 1 atom stereocenters. The van der Waals surface area contributed by atoms with Gasteiger partial charge >= 0.3 is 0 Å². The Morgan fingerprint density at radius 1 is 0.935 bits per heavy atom. The van der Waals surface area contributed by atoms with Gasteiger partial charge in [0.1, 0.15) is 11.9 Å². The van der Waals surface area contributed by atoms with Crippen molar-refractivity contribution in [1.82, 2.24) is 4.31 Å². The fraction of sp³-hybridized carbons (Fsp3) is 0.391. The van der Waals surface area contributed by atoms with Crippen molar-refractivity contribution in [2.24, 2.45) is 0 Å². The smallest absolute Gasteiger partial charge is 0.252 e. The van der Waals surface area contributed by atoms with E-state index in [1.54, 1.807) is 24.3 Å². The van der Waals surface area contributed by atoms with Gasteiger partial charge in [-0.3, -0.25) is 9.59 Å². The number of hydrogen-bond donors (Lipinski definition) is 0. The Morgan fingerprint density at radius 2 is 1.55 bits per heavy atom. The maximum absolute atomic E-state index is 13.6. The van der Waals surface area contributed by atoms with E-state index in [-0.39, 0.29) is 17.4 Å². The number of amides is 2. The van der Waals surface area contributed by atoms with Crippen LogP contribution in [0.1, 0.15) is 44.1 Å². The topological polar surface area (TPSA) is 74.8 Å². The van der Waals surface area contributed by atoms with Crippen LogP contribution in [0.25, 0.3) is 0 Å². The van der Waals surface area contributed by atoms with Crippen molar-refractivity contribution in [3.05, 3.63) is 59.9 Å². The second-order valence-corrected chi connectivity index (χ2v) is 10.0. The van der Waals surface area contributed by atoms with Crippen LogP contribution in [0.4, 0.5) is 10.1 Å². The third kappa shape index (κ3) is 4.14. The number of rotatable bonds is 5. The maximum Gasteiger partial charge on any atom is 0.252 e. The lowest BCUT2D eigenvalue weighted by Gasteiger charge is -2.36. The predicted octanol–water partition coefficient (Wildman–Crippen LogP) is 3.79. The van der Waals surface area contributed by atoms with Gasteiger partial charge in [0, 0.05) is 6.04 Å². The van der Waals surface area contributed by atoms with Gasteiger partial charge in [-0.05, 0) is 56.2 Å². The zero-order valence-electron chi connectivity index (χ0n) is 17.3. The monoisotopic (exact) mass is 444 g/mol. The summed E-state index contributed by atoms with van der Waals surface area (Å²) in [7, 11) is -4.10. The zero-order chi connectivity index (χ0) is 22.2. The first-order valence-electron chi connectivity index (χ1n) is 10.5. The molecule has 8 heteroatoms. The maximum atomic E-state index is 13.6. The molecule has 2 amide bonds. The van der Waals surface area contributed by atoms with Crippen LogP contribution < -0.4 is 4.90 Å². The van der Waals surface area contributed by atoms with E-state index in [1.807, 2.05) is 6.92 Å². The molecule has 31 heavy (non-hydrogen) atoms. The van der Waals surface area contributed by atoms with E-state index in [4.69, 9.17) is 0 Å². The van der Waals surface area contributed by atoms with E-state index in [0.717, 1.165) is 41.9 Å². The summed E-state index contributed by atoms with van der Waals surface area (Å²) in [5.41, 5.74) is 1.42. The molecular formula is C23H25FN2O4S. The number of sulfonamides is 1. The predicted molar refractivity (Wildman–Crippen MR) is 114 cm³/mol. The molecule has 1 aliphatic heterocycles. The summed E-state index contributed by atoms with van der Waals surface area (Å²) in [6.45, 7) is 1.90. The number of halogens is 1. The first kappa shape index (κ1) is 21.6. The van der Waals surface area contributed by atoms with Crippen LogP contribution in [-0.4, -0.2) is 36.6 Å². The second kappa shape index (κ2) is 8.51. The van der Waals surface area contributed by atoms with Gasteiger partial charge in [-0.1, -0.05) is 37.0 Å². The third-order valence-corrected chi connectivity index (χ3v) is 8.02. The summed E-state index contributed by atoms with van der Waals surface area (Å²) in [4.78, 5) is 27.2. The summed E-state index contributed by atoms with van der Waals surface area (Å²) < 4.78 is 41.8. The van der Waals surface area contributed by atoms with Crippen molar-refractivity contribution < 1.29 is 22.4 Å². The van der Waals surface area contributed by atoms with E-state index in [9.17, 15) is 22.4 Å². The van der Waals surface area contributed by atoms with Gasteiger partial charge in [-0.2, -0.15) is 4.31 Å². The molecule has 2 aromatic rings. The molecule has 164 valence electrons. The Bertz CT molecular complexity index is 1080. The van der Waals surface area contributed by atoms with E-state index in [1.165, 1.54) is 16.4 Å². The van der Waals surface area contributed by atoms with Crippen molar-refractivity contribution in [2.75, 3.05) is 4.90 Å². The van der Waals surface area contributed by atoms with Crippen LogP contribution in [0.5, 0.6) is 0 Å². The standard InChI is InChI=1S/C23H25FN2O4S/c1-16-7-11-18(12-8-16)25-22(27)15-21(23(25)28)26(19-5-3-2-4-6-19)31(29,30)20-13-9-17(24)10-14-20/h7-14,19,21H,2-6,15H2,1H3.